The predicted octanol–water partition coefficient (Wildman–Crippen LogP) is 2.14. The molecular weight excluding hydrogens is 238 g/mol. The molecule has 4 nitrogen and oxygen atoms in total. The van der Waals surface area contributed by atoms with Gasteiger partial charge >= 0.3 is 0 Å². The maximum absolute atomic E-state index is 13.5. The molecule has 2 rings (SSSR count). The van der Waals surface area contributed by atoms with Crippen LogP contribution in [-0.2, 0) is 13.0 Å². The standard InChI is InChI=1S/C12H14F2N4/c1-2-4-11-12(15)16-17-18(11)7-8-9(13)5-3-6-10(8)14/h3,5-6H,2,4,7,15H2,1H3. The fraction of sp³-hybridized carbons (Fsp3) is 0.333. The van der Waals surface area contributed by atoms with Gasteiger partial charge < -0.3 is 5.73 Å². The molecule has 1 aromatic heterocycles. The molecule has 0 aliphatic heterocycles. The Balaban J connectivity index is 2.34. The molecule has 96 valence electrons. The highest BCUT2D eigenvalue weighted by Gasteiger charge is 2.14. The van der Waals surface area contributed by atoms with Gasteiger partial charge in [0, 0.05) is 5.56 Å². The average molecular weight is 252 g/mol. The third-order valence-electron chi connectivity index (χ3n) is 2.72. The molecule has 2 aromatic rings. The first kappa shape index (κ1) is 12.5. The van der Waals surface area contributed by atoms with Crippen LogP contribution in [0.15, 0.2) is 18.2 Å². The Labute approximate surface area is 103 Å². The predicted molar refractivity (Wildman–Crippen MR) is 63.9 cm³/mol. The lowest BCUT2D eigenvalue weighted by Crippen LogP contribution is -2.10. The molecule has 0 fully saturated rings. The van der Waals surface area contributed by atoms with Crippen molar-refractivity contribution in [2.75, 3.05) is 5.73 Å². The Morgan fingerprint density at radius 3 is 2.56 bits per heavy atom. The molecule has 0 saturated carbocycles. The summed E-state index contributed by atoms with van der Waals surface area (Å²) < 4.78 is 28.5. The number of hydrogen-bond donors (Lipinski definition) is 1. The normalized spacial score (nSPS) is 10.8. The molecule has 1 heterocycles. The lowest BCUT2D eigenvalue weighted by atomic mass is 10.2. The van der Waals surface area contributed by atoms with E-state index in [1.54, 1.807) is 0 Å². The lowest BCUT2D eigenvalue weighted by molar-refractivity contribution is 0.520. The molecular formula is C12H14F2N4. The van der Waals surface area contributed by atoms with Gasteiger partial charge in [-0.2, -0.15) is 0 Å². The summed E-state index contributed by atoms with van der Waals surface area (Å²) in [6.07, 6.45) is 1.53. The Morgan fingerprint density at radius 1 is 1.28 bits per heavy atom. The zero-order chi connectivity index (χ0) is 13.1. The van der Waals surface area contributed by atoms with Crippen LogP contribution in [0.5, 0.6) is 0 Å². The molecule has 0 spiro atoms. The van der Waals surface area contributed by atoms with Gasteiger partial charge in [-0.3, -0.25) is 0 Å². The monoisotopic (exact) mass is 252 g/mol. The summed E-state index contributed by atoms with van der Waals surface area (Å²) >= 11 is 0. The number of nitrogens with zero attached hydrogens (tertiary/aromatic N) is 3. The highest BCUT2D eigenvalue weighted by atomic mass is 19.1. The summed E-state index contributed by atoms with van der Waals surface area (Å²) in [7, 11) is 0. The van der Waals surface area contributed by atoms with Crippen LogP contribution in [0.2, 0.25) is 0 Å². The fourth-order valence-corrected chi connectivity index (χ4v) is 1.80. The molecule has 0 aliphatic carbocycles. The molecule has 1 aromatic carbocycles. The second-order valence-corrected chi connectivity index (χ2v) is 4.03. The summed E-state index contributed by atoms with van der Waals surface area (Å²) in [5.41, 5.74) is 6.36. The SMILES string of the molecule is CCCc1c(N)nnn1Cc1c(F)cccc1F. The third-order valence-corrected chi connectivity index (χ3v) is 2.72. The highest BCUT2D eigenvalue weighted by Crippen LogP contribution is 2.16. The Morgan fingerprint density at radius 2 is 1.94 bits per heavy atom. The first-order valence-electron chi connectivity index (χ1n) is 5.74. The number of halogens is 2. The second kappa shape index (κ2) is 5.12. The number of benzene rings is 1. The molecule has 18 heavy (non-hydrogen) atoms. The van der Waals surface area contributed by atoms with Crippen LogP contribution in [0.4, 0.5) is 14.6 Å². The molecule has 0 atom stereocenters. The number of anilines is 1. The first-order chi connectivity index (χ1) is 8.63. The van der Waals surface area contributed by atoms with Crippen LogP contribution in [0, 0.1) is 11.6 Å². The van der Waals surface area contributed by atoms with Gasteiger partial charge in [0.15, 0.2) is 5.82 Å². The number of rotatable bonds is 4. The van der Waals surface area contributed by atoms with Gasteiger partial charge in [-0.1, -0.05) is 24.6 Å². The molecule has 0 aliphatic rings. The average Bonchev–Trinajstić information content (AvgIpc) is 2.67. The number of hydrogen-bond acceptors (Lipinski definition) is 3. The number of nitrogen functional groups attached to an aromatic ring is 1. The highest BCUT2D eigenvalue weighted by molar-refractivity contribution is 5.33. The van der Waals surface area contributed by atoms with Crippen molar-refractivity contribution in [1.82, 2.24) is 15.0 Å². The maximum Gasteiger partial charge on any atom is 0.169 e. The molecule has 0 amide bonds. The Bertz CT molecular complexity index is 531. The van der Waals surface area contributed by atoms with E-state index >= 15 is 0 Å². The summed E-state index contributed by atoms with van der Waals surface area (Å²) in [5, 5.41) is 7.56. The molecule has 0 saturated heterocycles. The minimum absolute atomic E-state index is 0.00194. The van der Waals surface area contributed by atoms with Crippen molar-refractivity contribution < 1.29 is 8.78 Å². The molecule has 0 bridgehead atoms. The van der Waals surface area contributed by atoms with Crippen LogP contribution >= 0.6 is 0 Å². The van der Waals surface area contributed by atoms with E-state index in [-0.39, 0.29) is 12.1 Å². The van der Waals surface area contributed by atoms with Crippen molar-refractivity contribution in [3.05, 3.63) is 41.1 Å². The van der Waals surface area contributed by atoms with E-state index in [0.717, 1.165) is 6.42 Å². The van der Waals surface area contributed by atoms with Crippen LogP contribution < -0.4 is 5.73 Å². The second-order valence-electron chi connectivity index (χ2n) is 4.03. The van der Waals surface area contributed by atoms with E-state index in [9.17, 15) is 8.78 Å². The van der Waals surface area contributed by atoms with Crippen LogP contribution in [0.1, 0.15) is 24.6 Å². The molecule has 0 unspecified atom stereocenters. The lowest BCUT2D eigenvalue weighted by Gasteiger charge is -2.07. The van der Waals surface area contributed by atoms with Crippen LogP contribution in [0.25, 0.3) is 0 Å². The van der Waals surface area contributed by atoms with E-state index in [1.807, 2.05) is 6.92 Å². The summed E-state index contributed by atoms with van der Waals surface area (Å²) in [6.45, 7) is 1.98. The zero-order valence-electron chi connectivity index (χ0n) is 10.0. The topological polar surface area (TPSA) is 56.7 Å². The van der Waals surface area contributed by atoms with E-state index in [4.69, 9.17) is 5.73 Å². The van der Waals surface area contributed by atoms with Crippen molar-refractivity contribution in [3.63, 3.8) is 0 Å². The van der Waals surface area contributed by atoms with Crippen molar-refractivity contribution in [1.29, 1.82) is 0 Å². The molecule has 2 N–H and O–H groups in total. The maximum atomic E-state index is 13.5. The van der Waals surface area contributed by atoms with Gasteiger partial charge in [0.05, 0.1) is 12.2 Å². The number of nitrogens with two attached hydrogens (primary N) is 1. The fourth-order valence-electron chi connectivity index (χ4n) is 1.80. The van der Waals surface area contributed by atoms with Gasteiger partial charge in [-0.25, -0.2) is 13.5 Å². The largest absolute Gasteiger partial charge is 0.381 e. The van der Waals surface area contributed by atoms with Crippen molar-refractivity contribution >= 4 is 5.82 Å². The summed E-state index contributed by atoms with van der Waals surface area (Å²) in [5.74, 6) is -0.869. The van der Waals surface area contributed by atoms with Crippen molar-refractivity contribution in [2.24, 2.45) is 0 Å². The molecule has 6 heteroatoms. The van der Waals surface area contributed by atoms with E-state index in [2.05, 4.69) is 10.3 Å². The Hall–Kier alpha value is -1.98. The van der Waals surface area contributed by atoms with Crippen molar-refractivity contribution in [2.45, 2.75) is 26.3 Å². The minimum Gasteiger partial charge on any atom is -0.381 e. The Kier molecular flexibility index (Phi) is 3.55. The molecule has 0 radical (unpaired) electrons. The summed E-state index contributed by atoms with van der Waals surface area (Å²) in [6, 6.07) is 3.77. The van der Waals surface area contributed by atoms with Gasteiger partial charge in [0.1, 0.15) is 11.6 Å². The quantitative estimate of drug-likeness (QED) is 0.907. The first-order valence-corrected chi connectivity index (χ1v) is 5.74. The van der Waals surface area contributed by atoms with Gasteiger partial charge in [-0.05, 0) is 18.6 Å². The van der Waals surface area contributed by atoms with Gasteiger partial charge in [0.2, 0.25) is 0 Å². The van der Waals surface area contributed by atoms with E-state index in [0.29, 0.717) is 17.9 Å². The van der Waals surface area contributed by atoms with Crippen LogP contribution in [0.3, 0.4) is 0 Å². The van der Waals surface area contributed by atoms with Crippen molar-refractivity contribution in [3.8, 4) is 0 Å². The van der Waals surface area contributed by atoms with Crippen LogP contribution in [-0.4, -0.2) is 15.0 Å². The smallest absolute Gasteiger partial charge is 0.169 e. The van der Waals surface area contributed by atoms with Gasteiger partial charge in [0.25, 0.3) is 0 Å². The number of aromatic nitrogens is 3. The van der Waals surface area contributed by atoms with Gasteiger partial charge in [-0.15, -0.1) is 5.10 Å². The summed E-state index contributed by atoms with van der Waals surface area (Å²) in [4.78, 5) is 0. The van der Waals surface area contributed by atoms with E-state index in [1.165, 1.54) is 22.9 Å². The minimum atomic E-state index is -0.591. The zero-order valence-corrected chi connectivity index (χ0v) is 10.0. The third kappa shape index (κ3) is 2.32. The van der Waals surface area contributed by atoms with E-state index < -0.39 is 11.6 Å².